The van der Waals surface area contributed by atoms with Crippen LogP contribution in [0.1, 0.15) is 15.2 Å². The third kappa shape index (κ3) is 2.70. The Morgan fingerprint density at radius 3 is 2.94 bits per heavy atom. The first-order valence-electron chi connectivity index (χ1n) is 4.83. The molecule has 0 unspecified atom stereocenters. The number of rotatable bonds is 4. The van der Waals surface area contributed by atoms with E-state index in [1.165, 1.54) is 23.6 Å². The van der Waals surface area contributed by atoms with E-state index in [1.807, 2.05) is 0 Å². The van der Waals surface area contributed by atoms with Crippen LogP contribution in [0.25, 0.3) is 0 Å². The third-order valence-corrected chi connectivity index (χ3v) is 2.87. The van der Waals surface area contributed by atoms with Gasteiger partial charge in [-0.15, -0.1) is 11.3 Å². The van der Waals surface area contributed by atoms with Gasteiger partial charge in [0.05, 0.1) is 29.5 Å². The minimum absolute atomic E-state index is 0.287. The van der Waals surface area contributed by atoms with Crippen LogP contribution in [0, 0.1) is 0 Å². The van der Waals surface area contributed by atoms with E-state index < -0.39 is 5.91 Å². The summed E-state index contributed by atoms with van der Waals surface area (Å²) in [7, 11) is 0. The fourth-order valence-corrected chi connectivity index (χ4v) is 1.84. The SMILES string of the molecule is NC(=O)c1cc(N)cnc1NCc1cncs1. The van der Waals surface area contributed by atoms with Crippen molar-refractivity contribution in [3.05, 3.63) is 34.4 Å². The van der Waals surface area contributed by atoms with Crippen molar-refractivity contribution in [1.29, 1.82) is 0 Å². The summed E-state index contributed by atoms with van der Waals surface area (Å²) in [6, 6.07) is 1.50. The Morgan fingerprint density at radius 1 is 1.47 bits per heavy atom. The molecule has 0 spiro atoms. The fourth-order valence-electron chi connectivity index (χ4n) is 1.31. The number of nitrogens with two attached hydrogens (primary N) is 2. The number of carbonyl (C=O) groups excluding carboxylic acids is 1. The highest BCUT2D eigenvalue weighted by Gasteiger charge is 2.10. The molecule has 2 aromatic heterocycles. The van der Waals surface area contributed by atoms with Crippen LogP contribution < -0.4 is 16.8 Å². The van der Waals surface area contributed by atoms with Gasteiger partial charge in [0, 0.05) is 11.1 Å². The van der Waals surface area contributed by atoms with Crippen molar-refractivity contribution in [2.75, 3.05) is 11.1 Å². The van der Waals surface area contributed by atoms with Gasteiger partial charge in [0.25, 0.3) is 5.91 Å². The molecule has 88 valence electrons. The molecule has 0 bridgehead atoms. The van der Waals surface area contributed by atoms with Gasteiger partial charge in [-0.05, 0) is 6.07 Å². The highest BCUT2D eigenvalue weighted by atomic mass is 32.1. The lowest BCUT2D eigenvalue weighted by molar-refractivity contribution is 0.100. The smallest absolute Gasteiger partial charge is 0.252 e. The molecule has 0 aliphatic heterocycles. The molecule has 7 heteroatoms. The Balaban J connectivity index is 2.17. The van der Waals surface area contributed by atoms with Crippen molar-refractivity contribution < 1.29 is 4.79 Å². The summed E-state index contributed by atoms with van der Waals surface area (Å²) >= 11 is 1.52. The maximum atomic E-state index is 11.2. The molecule has 0 saturated heterocycles. The summed E-state index contributed by atoms with van der Waals surface area (Å²) in [5, 5.41) is 3.03. The van der Waals surface area contributed by atoms with E-state index in [0.717, 1.165) is 4.88 Å². The molecule has 0 aliphatic carbocycles. The van der Waals surface area contributed by atoms with Crippen LogP contribution in [0.2, 0.25) is 0 Å². The second-order valence-electron chi connectivity index (χ2n) is 3.35. The van der Waals surface area contributed by atoms with Crippen LogP contribution >= 0.6 is 11.3 Å². The van der Waals surface area contributed by atoms with E-state index in [1.54, 1.807) is 11.7 Å². The van der Waals surface area contributed by atoms with Crippen LogP contribution in [-0.2, 0) is 6.54 Å². The molecule has 0 fully saturated rings. The molecule has 2 rings (SSSR count). The zero-order valence-electron chi connectivity index (χ0n) is 8.88. The van der Waals surface area contributed by atoms with Gasteiger partial charge < -0.3 is 16.8 Å². The monoisotopic (exact) mass is 249 g/mol. The molecular weight excluding hydrogens is 238 g/mol. The predicted octanol–water partition coefficient (Wildman–Crippen LogP) is 0.831. The first kappa shape index (κ1) is 11.3. The number of anilines is 2. The van der Waals surface area contributed by atoms with Crippen molar-refractivity contribution in [3.63, 3.8) is 0 Å². The summed E-state index contributed by atoms with van der Waals surface area (Å²) in [6.45, 7) is 0.544. The molecule has 0 atom stereocenters. The summed E-state index contributed by atoms with van der Waals surface area (Å²) in [5.41, 5.74) is 13.2. The number of nitrogens with one attached hydrogen (secondary N) is 1. The Kier molecular flexibility index (Phi) is 3.20. The van der Waals surface area contributed by atoms with Gasteiger partial charge in [-0.1, -0.05) is 0 Å². The largest absolute Gasteiger partial charge is 0.397 e. The van der Waals surface area contributed by atoms with Crippen LogP contribution in [0.3, 0.4) is 0 Å². The molecular formula is C10H11N5OS. The highest BCUT2D eigenvalue weighted by molar-refractivity contribution is 7.09. The van der Waals surface area contributed by atoms with E-state index in [2.05, 4.69) is 15.3 Å². The molecule has 2 aromatic rings. The van der Waals surface area contributed by atoms with Gasteiger partial charge in [-0.25, -0.2) is 4.98 Å². The Labute approximate surface area is 102 Å². The molecule has 1 amide bonds. The van der Waals surface area contributed by atoms with Gasteiger partial charge >= 0.3 is 0 Å². The average molecular weight is 249 g/mol. The number of hydrogen-bond acceptors (Lipinski definition) is 6. The molecule has 0 aliphatic rings. The first-order chi connectivity index (χ1) is 8.16. The van der Waals surface area contributed by atoms with Crippen molar-refractivity contribution in [2.24, 2.45) is 5.73 Å². The Morgan fingerprint density at radius 2 is 2.29 bits per heavy atom. The van der Waals surface area contributed by atoms with Crippen LogP contribution in [-0.4, -0.2) is 15.9 Å². The van der Waals surface area contributed by atoms with Crippen molar-refractivity contribution in [1.82, 2.24) is 9.97 Å². The second kappa shape index (κ2) is 4.79. The zero-order valence-corrected chi connectivity index (χ0v) is 9.70. The van der Waals surface area contributed by atoms with Gasteiger partial charge in [0.1, 0.15) is 5.82 Å². The quantitative estimate of drug-likeness (QED) is 0.744. The number of hydrogen-bond donors (Lipinski definition) is 3. The van der Waals surface area contributed by atoms with E-state index in [-0.39, 0.29) is 5.56 Å². The van der Waals surface area contributed by atoms with Crippen molar-refractivity contribution in [2.45, 2.75) is 6.54 Å². The molecule has 0 saturated carbocycles. The number of nitrogens with zero attached hydrogens (tertiary/aromatic N) is 2. The number of nitrogen functional groups attached to an aromatic ring is 1. The van der Waals surface area contributed by atoms with Gasteiger partial charge in [-0.2, -0.15) is 0 Å². The molecule has 0 radical (unpaired) electrons. The van der Waals surface area contributed by atoms with Crippen LogP contribution in [0.15, 0.2) is 24.0 Å². The summed E-state index contributed by atoms with van der Waals surface area (Å²) in [6.07, 6.45) is 3.22. The van der Waals surface area contributed by atoms with Gasteiger partial charge in [0.15, 0.2) is 0 Å². The number of pyridine rings is 1. The maximum Gasteiger partial charge on any atom is 0.252 e. The lowest BCUT2D eigenvalue weighted by Gasteiger charge is -2.08. The molecule has 6 nitrogen and oxygen atoms in total. The number of primary amides is 1. The number of thiazole rings is 1. The van der Waals surface area contributed by atoms with E-state index >= 15 is 0 Å². The van der Waals surface area contributed by atoms with Gasteiger partial charge in [-0.3, -0.25) is 9.78 Å². The van der Waals surface area contributed by atoms with E-state index in [4.69, 9.17) is 11.5 Å². The van der Waals surface area contributed by atoms with E-state index in [0.29, 0.717) is 18.1 Å². The predicted molar refractivity (Wildman–Crippen MR) is 66.6 cm³/mol. The molecule has 2 heterocycles. The average Bonchev–Trinajstić information content (AvgIpc) is 2.80. The summed E-state index contributed by atoms with van der Waals surface area (Å²) in [4.78, 5) is 20.3. The Hall–Kier alpha value is -2.15. The zero-order chi connectivity index (χ0) is 12.3. The third-order valence-electron chi connectivity index (χ3n) is 2.09. The standard InChI is InChI=1S/C10H11N5OS/c11-6-1-8(9(12)16)10(14-2-6)15-4-7-3-13-5-17-7/h1-3,5H,4,11H2,(H2,12,16)(H,14,15). The first-order valence-corrected chi connectivity index (χ1v) is 5.71. The molecule has 5 N–H and O–H groups in total. The lowest BCUT2D eigenvalue weighted by Crippen LogP contribution is -2.15. The molecule has 17 heavy (non-hydrogen) atoms. The van der Waals surface area contributed by atoms with Crippen LogP contribution in [0.5, 0.6) is 0 Å². The van der Waals surface area contributed by atoms with Gasteiger partial charge in [0.2, 0.25) is 0 Å². The molecule has 0 aromatic carbocycles. The minimum Gasteiger partial charge on any atom is -0.397 e. The highest BCUT2D eigenvalue weighted by Crippen LogP contribution is 2.16. The number of aromatic nitrogens is 2. The topological polar surface area (TPSA) is 107 Å². The van der Waals surface area contributed by atoms with Crippen molar-refractivity contribution in [3.8, 4) is 0 Å². The second-order valence-corrected chi connectivity index (χ2v) is 4.32. The normalized spacial score (nSPS) is 10.1. The van der Waals surface area contributed by atoms with Crippen LogP contribution in [0.4, 0.5) is 11.5 Å². The number of carbonyl (C=O) groups is 1. The minimum atomic E-state index is -0.559. The fraction of sp³-hybridized carbons (Fsp3) is 0.100. The lowest BCUT2D eigenvalue weighted by atomic mass is 10.2. The Bertz CT molecular complexity index is 525. The summed E-state index contributed by atoms with van der Waals surface area (Å²) in [5.74, 6) is -0.128. The van der Waals surface area contributed by atoms with Crippen molar-refractivity contribution >= 4 is 28.7 Å². The number of amides is 1. The summed E-state index contributed by atoms with van der Waals surface area (Å²) < 4.78 is 0. The maximum absolute atomic E-state index is 11.2. The van der Waals surface area contributed by atoms with E-state index in [9.17, 15) is 4.79 Å².